The zero-order valence-corrected chi connectivity index (χ0v) is 18.3. The maximum Gasteiger partial charge on any atom is 0.269 e. The van der Waals surface area contributed by atoms with Crippen molar-refractivity contribution in [2.24, 2.45) is 5.92 Å². The van der Waals surface area contributed by atoms with Crippen LogP contribution in [0.25, 0.3) is 0 Å². The average molecular weight is 463 g/mol. The lowest BCUT2D eigenvalue weighted by atomic mass is 9.71. The molecule has 166 valence electrons. The van der Waals surface area contributed by atoms with Crippen LogP contribution < -0.4 is 5.32 Å². The molecule has 1 spiro atoms. The van der Waals surface area contributed by atoms with E-state index in [1.54, 1.807) is 55.6 Å². The van der Waals surface area contributed by atoms with Crippen molar-refractivity contribution in [3.63, 3.8) is 0 Å². The van der Waals surface area contributed by atoms with E-state index in [1.807, 2.05) is 4.90 Å². The van der Waals surface area contributed by atoms with Gasteiger partial charge in [-0.3, -0.25) is 29.6 Å². The minimum absolute atomic E-state index is 0.0699. The highest BCUT2D eigenvalue weighted by Crippen LogP contribution is 2.56. The number of benzene rings is 2. The molecule has 1 aromatic heterocycles. The maximum absolute atomic E-state index is 14.0. The number of aromatic nitrogens is 1. The van der Waals surface area contributed by atoms with Gasteiger partial charge in [0.2, 0.25) is 5.91 Å². The number of Topliss-reactive ketones (excluding diaryl/α,β-unsaturated/α-hetero) is 1. The Labute approximate surface area is 194 Å². The average Bonchev–Trinajstić information content (AvgIpc) is 3.29. The third kappa shape index (κ3) is 3.13. The lowest BCUT2D eigenvalue weighted by Gasteiger charge is -2.35. The van der Waals surface area contributed by atoms with Crippen molar-refractivity contribution in [1.82, 2.24) is 9.88 Å². The number of carbonyl (C=O) groups excluding carboxylic acids is 2. The van der Waals surface area contributed by atoms with Crippen LogP contribution in [0.4, 0.5) is 11.4 Å². The predicted molar refractivity (Wildman–Crippen MR) is 122 cm³/mol. The van der Waals surface area contributed by atoms with Gasteiger partial charge in [0.25, 0.3) is 5.69 Å². The number of nitrogens with one attached hydrogen (secondary N) is 1. The van der Waals surface area contributed by atoms with Gasteiger partial charge in [-0.1, -0.05) is 29.8 Å². The molecule has 3 heterocycles. The lowest BCUT2D eigenvalue weighted by molar-refractivity contribution is -0.384. The van der Waals surface area contributed by atoms with E-state index in [-0.39, 0.29) is 23.1 Å². The number of hydrogen-bond acceptors (Lipinski definition) is 6. The molecule has 0 saturated carbocycles. The Hall–Kier alpha value is -3.62. The van der Waals surface area contributed by atoms with E-state index in [0.29, 0.717) is 28.4 Å². The van der Waals surface area contributed by atoms with Crippen molar-refractivity contribution in [3.05, 3.63) is 98.8 Å². The quantitative estimate of drug-likeness (QED) is 0.356. The zero-order chi connectivity index (χ0) is 23.3. The number of nitro groups is 1. The van der Waals surface area contributed by atoms with Gasteiger partial charge >= 0.3 is 0 Å². The number of likely N-dealkylation sites (N-methyl/N-ethyl adjacent to an activating group) is 1. The minimum atomic E-state index is -1.33. The van der Waals surface area contributed by atoms with Crippen LogP contribution in [0.3, 0.4) is 0 Å². The van der Waals surface area contributed by atoms with Gasteiger partial charge in [-0.25, -0.2) is 0 Å². The van der Waals surface area contributed by atoms with Gasteiger partial charge in [-0.05, 0) is 42.9 Å². The first-order valence-corrected chi connectivity index (χ1v) is 10.7. The summed E-state index contributed by atoms with van der Waals surface area (Å²) in [5.74, 6) is -2.00. The Kier molecular flexibility index (Phi) is 4.99. The van der Waals surface area contributed by atoms with Crippen molar-refractivity contribution in [3.8, 4) is 0 Å². The Balaban J connectivity index is 1.74. The maximum atomic E-state index is 14.0. The molecule has 0 radical (unpaired) electrons. The number of nitrogens with zero attached hydrogens (tertiary/aromatic N) is 3. The van der Waals surface area contributed by atoms with Crippen molar-refractivity contribution in [2.45, 2.75) is 11.5 Å². The molecule has 5 rings (SSSR count). The lowest BCUT2D eigenvalue weighted by Crippen LogP contribution is -2.51. The van der Waals surface area contributed by atoms with E-state index >= 15 is 0 Å². The summed E-state index contributed by atoms with van der Waals surface area (Å²) in [7, 11) is 1.78. The fourth-order valence-corrected chi connectivity index (χ4v) is 5.42. The molecular formula is C24H19ClN4O4. The Bertz CT molecular complexity index is 1300. The van der Waals surface area contributed by atoms with Gasteiger partial charge in [-0.15, -0.1) is 0 Å². The molecule has 3 aromatic rings. The number of ketones is 1. The molecule has 1 N–H and O–H groups in total. The fourth-order valence-electron chi connectivity index (χ4n) is 5.25. The van der Waals surface area contributed by atoms with E-state index in [2.05, 4.69) is 10.3 Å². The van der Waals surface area contributed by atoms with Crippen LogP contribution in [0.5, 0.6) is 0 Å². The number of likely N-dealkylation sites (tertiary alicyclic amines) is 1. The zero-order valence-electron chi connectivity index (χ0n) is 17.6. The second-order valence-electron chi connectivity index (χ2n) is 8.31. The summed E-state index contributed by atoms with van der Waals surface area (Å²) in [6.07, 6.45) is 1.53. The summed E-state index contributed by atoms with van der Waals surface area (Å²) in [4.78, 5) is 44.6. The van der Waals surface area contributed by atoms with Crippen LogP contribution in [-0.2, 0) is 10.3 Å². The van der Waals surface area contributed by atoms with Crippen molar-refractivity contribution in [2.75, 3.05) is 18.9 Å². The molecule has 1 amide bonds. The SMILES string of the molecule is CN1C[C@H](c2cccc([N+](=O)[O-])c2)C(C(=O)c2ccccn2)[C@]12C(=O)Nc1ccc(Cl)cc12. The van der Waals surface area contributed by atoms with Crippen molar-refractivity contribution >= 4 is 34.7 Å². The molecule has 3 atom stereocenters. The van der Waals surface area contributed by atoms with Gasteiger partial charge in [0, 0.05) is 47.1 Å². The molecule has 0 aliphatic carbocycles. The molecule has 2 aliphatic rings. The Morgan fingerprint density at radius 3 is 2.76 bits per heavy atom. The molecule has 8 nitrogen and oxygen atoms in total. The Morgan fingerprint density at radius 1 is 1.21 bits per heavy atom. The van der Waals surface area contributed by atoms with E-state index in [0.717, 1.165) is 0 Å². The minimum Gasteiger partial charge on any atom is -0.324 e. The first-order chi connectivity index (χ1) is 15.8. The number of carbonyl (C=O) groups is 2. The van der Waals surface area contributed by atoms with E-state index < -0.39 is 22.3 Å². The monoisotopic (exact) mass is 462 g/mol. The molecule has 33 heavy (non-hydrogen) atoms. The highest BCUT2D eigenvalue weighted by molar-refractivity contribution is 6.31. The van der Waals surface area contributed by atoms with Gasteiger partial charge in [-0.2, -0.15) is 0 Å². The second-order valence-corrected chi connectivity index (χ2v) is 8.74. The smallest absolute Gasteiger partial charge is 0.269 e. The van der Waals surface area contributed by atoms with Crippen LogP contribution in [0.1, 0.15) is 27.5 Å². The number of amides is 1. The summed E-state index contributed by atoms with van der Waals surface area (Å²) in [6, 6.07) is 16.4. The van der Waals surface area contributed by atoms with Gasteiger partial charge < -0.3 is 5.32 Å². The number of non-ortho nitro benzene ring substituents is 1. The summed E-state index contributed by atoms with van der Waals surface area (Å²) in [5.41, 5.74) is 0.657. The van der Waals surface area contributed by atoms with Crippen LogP contribution in [0.15, 0.2) is 66.9 Å². The summed E-state index contributed by atoms with van der Waals surface area (Å²) < 4.78 is 0. The van der Waals surface area contributed by atoms with E-state index in [1.165, 1.54) is 18.3 Å². The summed E-state index contributed by atoms with van der Waals surface area (Å²) in [5, 5.41) is 14.8. The summed E-state index contributed by atoms with van der Waals surface area (Å²) >= 11 is 6.30. The number of anilines is 1. The van der Waals surface area contributed by atoms with E-state index in [4.69, 9.17) is 11.6 Å². The fraction of sp³-hybridized carbons (Fsp3) is 0.208. The number of fused-ring (bicyclic) bond motifs is 2. The largest absolute Gasteiger partial charge is 0.324 e. The first kappa shape index (κ1) is 21.2. The van der Waals surface area contributed by atoms with Gasteiger partial charge in [0.15, 0.2) is 5.78 Å². The second kappa shape index (κ2) is 7.75. The highest BCUT2D eigenvalue weighted by atomic mass is 35.5. The van der Waals surface area contributed by atoms with Gasteiger partial charge in [0.1, 0.15) is 11.2 Å². The van der Waals surface area contributed by atoms with Gasteiger partial charge in [0.05, 0.1) is 10.8 Å². The number of nitro benzene ring substituents is 1. The molecular weight excluding hydrogens is 444 g/mol. The Morgan fingerprint density at radius 2 is 2.03 bits per heavy atom. The highest BCUT2D eigenvalue weighted by Gasteiger charge is 2.64. The normalized spacial score (nSPS) is 24.0. The molecule has 1 unspecified atom stereocenters. The standard InChI is InChI=1S/C24H19ClN4O4/c1-28-13-17(14-5-4-6-16(11-14)29(32)33)21(22(30)20-7-2-3-10-26-20)24(28)18-12-15(25)8-9-19(18)27-23(24)31/h2-12,17,21H,13H2,1H3,(H,27,31)/t17-,21?,24-/m1/s1. The summed E-state index contributed by atoms with van der Waals surface area (Å²) in [6.45, 7) is 0.337. The van der Waals surface area contributed by atoms with Crippen LogP contribution in [0, 0.1) is 16.0 Å². The molecule has 2 aromatic carbocycles. The number of halogens is 1. The topological polar surface area (TPSA) is 105 Å². The van der Waals surface area contributed by atoms with Crippen molar-refractivity contribution in [1.29, 1.82) is 0 Å². The number of pyridine rings is 1. The van der Waals surface area contributed by atoms with Crippen molar-refractivity contribution < 1.29 is 14.5 Å². The first-order valence-electron chi connectivity index (χ1n) is 10.4. The number of rotatable bonds is 4. The molecule has 2 aliphatic heterocycles. The van der Waals surface area contributed by atoms with Crippen LogP contribution in [-0.4, -0.2) is 40.1 Å². The van der Waals surface area contributed by atoms with Crippen LogP contribution in [0.2, 0.25) is 5.02 Å². The predicted octanol–water partition coefficient (Wildman–Crippen LogP) is 4.02. The van der Waals surface area contributed by atoms with E-state index in [9.17, 15) is 19.7 Å². The molecule has 1 saturated heterocycles. The molecule has 1 fully saturated rings. The third-order valence-electron chi connectivity index (χ3n) is 6.62. The van der Waals surface area contributed by atoms with Crippen LogP contribution >= 0.6 is 11.6 Å². The molecule has 0 bridgehead atoms. The third-order valence-corrected chi connectivity index (χ3v) is 6.86. The number of hydrogen-bond donors (Lipinski definition) is 1. The molecule has 9 heteroatoms.